The van der Waals surface area contributed by atoms with E-state index < -0.39 is 0 Å². The Hall–Kier alpha value is -1.15. The lowest BCUT2D eigenvalue weighted by Crippen LogP contribution is -2.29. The average Bonchev–Trinajstić information content (AvgIpc) is 2.86. The number of carbonyl (C=O) groups is 1. The smallest absolute Gasteiger partial charge is 0.230 e. The summed E-state index contributed by atoms with van der Waals surface area (Å²) < 4.78 is 1.73. The molecule has 1 amide bonds. The normalized spacial score (nSPS) is 11.3. The quantitative estimate of drug-likeness (QED) is 0.490. The van der Waals surface area contributed by atoms with Crippen LogP contribution in [0.25, 0.3) is 0 Å². The van der Waals surface area contributed by atoms with Gasteiger partial charge in [0.25, 0.3) is 0 Å². The number of hydrogen-bond acceptors (Lipinski definition) is 6. The number of hydrogen-bond donors (Lipinski definition) is 2. The molecule has 0 spiro atoms. The molecule has 8 heteroatoms. The van der Waals surface area contributed by atoms with Gasteiger partial charge in [-0.1, -0.05) is 39.5 Å². The number of nitrogens with zero attached hydrogens (tertiary/aromatic N) is 4. The van der Waals surface area contributed by atoms with E-state index in [1.54, 1.807) is 4.68 Å². The fourth-order valence-corrected chi connectivity index (χ4v) is 2.25. The maximum absolute atomic E-state index is 11.7. The van der Waals surface area contributed by atoms with E-state index in [2.05, 4.69) is 53.9 Å². The molecule has 0 unspecified atom stereocenters. The maximum Gasteiger partial charge on any atom is 0.230 e. The highest BCUT2D eigenvalue weighted by Gasteiger charge is 2.10. The number of aromatic nitrogens is 4. The Morgan fingerprint density at radius 1 is 1.24 bits per heavy atom. The zero-order chi connectivity index (χ0) is 15.7. The van der Waals surface area contributed by atoms with Gasteiger partial charge in [-0.05, 0) is 28.8 Å². The predicted molar refractivity (Wildman–Crippen MR) is 84.1 cm³/mol. The number of rotatable bonds is 10. The molecule has 0 aliphatic carbocycles. The first kappa shape index (κ1) is 17.9. The summed E-state index contributed by atoms with van der Waals surface area (Å²) in [6.45, 7) is 11.7. The molecule has 1 aromatic heterocycles. The highest BCUT2D eigenvalue weighted by Crippen LogP contribution is 2.12. The molecular formula is C13H26N6OS. The zero-order valence-corrected chi connectivity index (χ0v) is 14.1. The average molecular weight is 314 g/mol. The second-order valence-electron chi connectivity index (χ2n) is 5.77. The highest BCUT2D eigenvalue weighted by atomic mass is 32.2. The van der Waals surface area contributed by atoms with Gasteiger partial charge in [-0.2, -0.15) is 0 Å². The van der Waals surface area contributed by atoms with Crippen LogP contribution in [0.5, 0.6) is 0 Å². The van der Waals surface area contributed by atoms with Gasteiger partial charge in [0, 0.05) is 13.1 Å². The molecule has 0 fully saturated rings. The molecule has 0 aliphatic rings. The summed E-state index contributed by atoms with van der Waals surface area (Å²) in [4.78, 5) is 11.7. The minimum absolute atomic E-state index is 0.0150. The van der Waals surface area contributed by atoms with Gasteiger partial charge in [0.05, 0.1) is 12.3 Å². The van der Waals surface area contributed by atoms with Crippen molar-refractivity contribution in [3.05, 3.63) is 0 Å². The number of tetrazole rings is 1. The number of nitrogens with one attached hydrogen (secondary N) is 2. The van der Waals surface area contributed by atoms with Gasteiger partial charge >= 0.3 is 0 Å². The maximum atomic E-state index is 11.7. The van der Waals surface area contributed by atoms with Crippen LogP contribution in [0.1, 0.15) is 27.7 Å². The Morgan fingerprint density at radius 2 is 1.95 bits per heavy atom. The van der Waals surface area contributed by atoms with Crippen LogP contribution in [0.2, 0.25) is 0 Å². The van der Waals surface area contributed by atoms with Crippen molar-refractivity contribution in [2.24, 2.45) is 11.8 Å². The van der Waals surface area contributed by atoms with Crippen LogP contribution in [0, 0.1) is 11.8 Å². The fourth-order valence-electron chi connectivity index (χ4n) is 1.51. The van der Waals surface area contributed by atoms with Gasteiger partial charge in [0.1, 0.15) is 0 Å². The van der Waals surface area contributed by atoms with Crippen molar-refractivity contribution in [3.63, 3.8) is 0 Å². The van der Waals surface area contributed by atoms with E-state index >= 15 is 0 Å². The molecule has 2 N–H and O–H groups in total. The molecule has 0 aromatic carbocycles. The van der Waals surface area contributed by atoms with Gasteiger partial charge in [0.15, 0.2) is 0 Å². The standard InChI is InChI=1S/C13H26N6OS/c1-10(2)7-14-5-6-19-13(16-17-18-19)21-9-12(20)15-8-11(3)4/h10-11,14H,5-9H2,1-4H3,(H,15,20). The summed E-state index contributed by atoms with van der Waals surface area (Å²) in [5.74, 6) is 1.43. The molecular weight excluding hydrogens is 288 g/mol. The topological polar surface area (TPSA) is 84.7 Å². The summed E-state index contributed by atoms with van der Waals surface area (Å²) in [5, 5.41) is 18.5. The largest absolute Gasteiger partial charge is 0.355 e. The van der Waals surface area contributed by atoms with E-state index in [0.29, 0.717) is 35.8 Å². The molecule has 1 heterocycles. The number of thioether (sulfide) groups is 1. The highest BCUT2D eigenvalue weighted by molar-refractivity contribution is 7.99. The van der Waals surface area contributed by atoms with E-state index in [4.69, 9.17) is 0 Å². The number of amides is 1. The molecule has 120 valence electrons. The van der Waals surface area contributed by atoms with Crippen LogP contribution in [0.15, 0.2) is 5.16 Å². The van der Waals surface area contributed by atoms with Crippen molar-refractivity contribution in [1.82, 2.24) is 30.8 Å². The molecule has 0 saturated carbocycles. The lowest BCUT2D eigenvalue weighted by atomic mass is 10.2. The minimum atomic E-state index is 0.0150. The van der Waals surface area contributed by atoms with Crippen LogP contribution in [-0.4, -0.2) is 51.5 Å². The van der Waals surface area contributed by atoms with Crippen LogP contribution in [0.4, 0.5) is 0 Å². The van der Waals surface area contributed by atoms with Crippen LogP contribution < -0.4 is 10.6 Å². The van der Waals surface area contributed by atoms with E-state index in [9.17, 15) is 4.79 Å². The Bertz CT molecular complexity index is 421. The first-order chi connectivity index (χ1) is 9.99. The third kappa shape index (κ3) is 8.01. The first-order valence-electron chi connectivity index (χ1n) is 7.35. The zero-order valence-electron chi connectivity index (χ0n) is 13.3. The molecule has 0 atom stereocenters. The van der Waals surface area contributed by atoms with Crippen molar-refractivity contribution < 1.29 is 4.79 Å². The van der Waals surface area contributed by atoms with Crippen molar-refractivity contribution in [2.45, 2.75) is 39.4 Å². The fraction of sp³-hybridized carbons (Fsp3) is 0.846. The van der Waals surface area contributed by atoms with E-state index in [-0.39, 0.29) is 5.91 Å². The molecule has 0 saturated heterocycles. The van der Waals surface area contributed by atoms with E-state index in [1.165, 1.54) is 11.8 Å². The summed E-state index contributed by atoms with van der Waals surface area (Å²) in [5.41, 5.74) is 0. The summed E-state index contributed by atoms with van der Waals surface area (Å²) in [6, 6.07) is 0. The van der Waals surface area contributed by atoms with Crippen molar-refractivity contribution in [1.29, 1.82) is 0 Å². The molecule has 7 nitrogen and oxygen atoms in total. The SMILES string of the molecule is CC(C)CNCCn1nnnc1SCC(=O)NCC(C)C. The monoisotopic (exact) mass is 314 g/mol. The second kappa shape index (κ2) is 9.73. The van der Waals surface area contributed by atoms with E-state index in [0.717, 1.165) is 13.1 Å². The van der Waals surface area contributed by atoms with Crippen molar-refractivity contribution >= 4 is 17.7 Å². The van der Waals surface area contributed by atoms with Gasteiger partial charge < -0.3 is 10.6 Å². The molecule has 1 aromatic rings. The third-order valence-electron chi connectivity index (χ3n) is 2.59. The van der Waals surface area contributed by atoms with Gasteiger partial charge in [-0.3, -0.25) is 4.79 Å². The summed E-state index contributed by atoms with van der Waals surface area (Å²) in [6.07, 6.45) is 0. The van der Waals surface area contributed by atoms with Crippen molar-refractivity contribution in [3.8, 4) is 0 Å². The Morgan fingerprint density at radius 3 is 2.62 bits per heavy atom. The first-order valence-corrected chi connectivity index (χ1v) is 8.34. The third-order valence-corrected chi connectivity index (χ3v) is 3.55. The molecule has 1 rings (SSSR count). The Kier molecular flexibility index (Phi) is 8.29. The van der Waals surface area contributed by atoms with E-state index in [1.807, 2.05) is 0 Å². The van der Waals surface area contributed by atoms with Gasteiger partial charge in [0.2, 0.25) is 11.1 Å². The lowest BCUT2D eigenvalue weighted by Gasteiger charge is -2.09. The number of carbonyl (C=O) groups excluding carboxylic acids is 1. The van der Waals surface area contributed by atoms with Gasteiger partial charge in [-0.15, -0.1) is 5.10 Å². The summed E-state index contributed by atoms with van der Waals surface area (Å²) in [7, 11) is 0. The minimum Gasteiger partial charge on any atom is -0.355 e. The van der Waals surface area contributed by atoms with Crippen LogP contribution in [0.3, 0.4) is 0 Å². The van der Waals surface area contributed by atoms with Crippen LogP contribution >= 0.6 is 11.8 Å². The predicted octanol–water partition coefficient (Wildman–Crippen LogP) is 0.783. The Labute approximate surface area is 130 Å². The van der Waals surface area contributed by atoms with Crippen LogP contribution in [-0.2, 0) is 11.3 Å². The second-order valence-corrected chi connectivity index (χ2v) is 6.71. The molecule has 0 aliphatic heterocycles. The Balaban J connectivity index is 2.29. The lowest BCUT2D eigenvalue weighted by molar-refractivity contribution is -0.118. The molecule has 0 radical (unpaired) electrons. The molecule has 21 heavy (non-hydrogen) atoms. The van der Waals surface area contributed by atoms with Crippen molar-refractivity contribution in [2.75, 3.05) is 25.4 Å². The van der Waals surface area contributed by atoms with Gasteiger partial charge in [-0.25, -0.2) is 4.68 Å². The molecule has 0 bridgehead atoms. The summed E-state index contributed by atoms with van der Waals surface area (Å²) >= 11 is 1.36.